The van der Waals surface area contributed by atoms with Gasteiger partial charge in [-0.25, -0.2) is 4.39 Å². The van der Waals surface area contributed by atoms with Gasteiger partial charge in [0.25, 0.3) is 5.91 Å². The fourth-order valence-corrected chi connectivity index (χ4v) is 3.51. The highest BCUT2D eigenvalue weighted by atomic mass is 79.9. The van der Waals surface area contributed by atoms with E-state index in [0.717, 1.165) is 19.4 Å². The lowest BCUT2D eigenvalue weighted by Crippen LogP contribution is -2.37. The van der Waals surface area contributed by atoms with Crippen molar-refractivity contribution in [3.63, 3.8) is 0 Å². The first kappa shape index (κ1) is 11.2. The average molecular weight is 298 g/mol. The van der Waals surface area contributed by atoms with Gasteiger partial charge >= 0.3 is 0 Å². The molecule has 1 amide bonds. The molecular weight excluding hydrogens is 285 g/mol. The molecule has 0 radical (unpaired) electrons. The standard InChI is InChI=1S/C13H13BrFNO/c14-12-6-9(15)2-4-11(12)13(17)16-7-8-1-3-10(16)5-8/h2,4,6,8,10H,1,3,5,7H2. The third kappa shape index (κ3) is 1.88. The summed E-state index contributed by atoms with van der Waals surface area (Å²) in [5.74, 6) is 0.392. The molecule has 0 N–H and O–H groups in total. The molecule has 2 nitrogen and oxygen atoms in total. The summed E-state index contributed by atoms with van der Waals surface area (Å²) in [4.78, 5) is 14.3. The third-order valence-corrected chi connectivity index (χ3v) is 4.49. The van der Waals surface area contributed by atoms with Crippen molar-refractivity contribution in [3.05, 3.63) is 34.1 Å². The normalized spacial score (nSPS) is 26.6. The molecule has 2 unspecified atom stereocenters. The number of nitrogens with zero attached hydrogens (tertiary/aromatic N) is 1. The summed E-state index contributed by atoms with van der Waals surface area (Å²) in [6.07, 6.45) is 3.51. The van der Waals surface area contributed by atoms with Crippen LogP contribution in [0, 0.1) is 11.7 Å². The van der Waals surface area contributed by atoms with Gasteiger partial charge in [0.1, 0.15) is 5.82 Å². The van der Waals surface area contributed by atoms with E-state index in [4.69, 9.17) is 0 Å². The van der Waals surface area contributed by atoms with Crippen LogP contribution in [-0.2, 0) is 0 Å². The zero-order chi connectivity index (χ0) is 12.0. The van der Waals surface area contributed by atoms with Crippen molar-refractivity contribution in [3.8, 4) is 0 Å². The van der Waals surface area contributed by atoms with Crippen molar-refractivity contribution in [1.29, 1.82) is 0 Å². The molecule has 17 heavy (non-hydrogen) atoms. The molecule has 1 aliphatic carbocycles. The van der Waals surface area contributed by atoms with Crippen LogP contribution in [0.3, 0.4) is 0 Å². The van der Waals surface area contributed by atoms with Gasteiger partial charge in [-0.15, -0.1) is 0 Å². The Morgan fingerprint density at radius 2 is 2.24 bits per heavy atom. The second-order valence-electron chi connectivity index (χ2n) is 4.91. The van der Waals surface area contributed by atoms with Gasteiger partial charge in [0.15, 0.2) is 0 Å². The minimum Gasteiger partial charge on any atom is -0.335 e. The minimum atomic E-state index is -0.323. The highest BCUT2D eigenvalue weighted by Crippen LogP contribution is 2.38. The molecule has 3 rings (SSSR count). The summed E-state index contributed by atoms with van der Waals surface area (Å²) in [7, 11) is 0. The van der Waals surface area contributed by atoms with Gasteiger partial charge in [-0.2, -0.15) is 0 Å². The largest absolute Gasteiger partial charge is 0.335 e. The Kier molecular flexibility index (Phi) is 2.69. The van der Waals surface area contributed by atoms with E-state index < -0.39 is 0 Å². The Labute approximate surface area is 108 Å². The maximum atomic E-state index is 13.0. The van der Waals surface area contributed by atoms with Gasteiger partial charge in [0.05, 0.1) is 5.56 Å². The minimum absolute atomic E-state index is 0.0316. The van der Waals surface area contributed by atoms with Crippen LogP contribution in [0.15, 0.2) is 22.7 Å². The lowest BCUT2D eigenvalue weighted by molar-refractivity contribution is 0.0702. The zero-order valence-corrected chi connectivity index (χ0v) is 10.9. The number of halogens is 2. The summed E-state index contributed by atoms with van der Waals surface area (Å²) in [6, 6.07) is 4.66. The molecule has 2 aliphatic rings. The molecule has 0 spiro atoms. The van der Waals surface area contributed by atoms with Crippen LogP contribution < -0.4 is 0 Å². The maximum absolute atomic E-state index is 13.0. The second-order valence-corrected chi connectivity index (χ2v) is 5.77. The van der Waals surface area contributed by atoms with Crippen molar-refractivity contribution < 1.29 is 9.18 Å². The van der Waals surface area contributed by atoms with E-state index >= 15 is 0 Å². The number of benzene rings is 1. The van der Waals surface area contributed by atoms with Crippen LogP contribution in [0.1, 0.15) is 29.6 Å². The Bertz CT molecular complexity index is 476. The highest BCUT2D eigenvalue weighted by Gasteiger charge is 2.40. The fourth-order valence-electron chi connectivity index (χ4n) is 2.99. The molecule has 90 valence electrons. The molecule has 0 aromatic heterocycles. The van der Waals surface area contributed by atoms with Crippen LogP contribution in [0.25, 0.3) is 0 Å². The fraction of sp³-hybridized carbons (Fsp3) is 0.462. The van der Waals surface area contributed by atoms with Gasteiger partial charge in [0, 0.05) is 17.1 Å². The predicted octanol–water partition coefficient (Wildman–Crippen LogP) is 3.21. The summed E-state index contributed by atoms with van der Waals surface area (Å²) in [6.45, 7) is 0.868. The number of amides is 1. The highest BCUT2D eigenvalue weighted by molar-refractivity contribution is 9.10. The van der Waals surface area contributed by atoms with Crippen molar-refractivity contribution in [2.24, 2.45) is 5.92 Å². The van der Waals surface area contributed by atoms with Crippen LogP contribution in [0.2, 0.25) is 0 Å². The van der Waals surface area contributed by atoms with E-state index in [1.807, 2.05) is 4.90 Å². The third-order valence-electron chi connectivity index (χ3n) is 3.83. The molecule has 1 heterocycles. The van der Waals surface area contributed by atoms with Gasteiger partial charge in [-0.3, -0.25) is 4.79 Å². The first-order chi connectivity index (χ1) is 8.15. The Morgan fingerprint density at radius 1 is 1.41 bits per heavy atom. The van der Waals surface area contributed by atoms with E-state index in [9.17, 15) is 9.18 Å². The predicted molar refractivity (Wildman–Crippen MR) is 66.3 cm³/mol. The monoisotopic (exact) mass is 297 g/mol. The van der Waals surface area contributed by atoms with Gasteiger partial charge in [0.2, 0.25) is 0 Å². The van der Waals surface area contributed by atoms with Crippen molar-refractivity contribution in [2.75, 3.05) is 6.54 Å². The average Bonchev–Trinajstić information content (AvgIpc) is 2.89. The number of hydrogen-bond acceptors (Lipinski definition) is 1. The van der Waals surface area contributed by atoms with E-state index in [-0.39, 0.29) is 11.7 Å². The molecule has 2 bridgehead atoms. The Balaban J connectivity index is 1.87. The van der Waals surface area contributed by atoms with Gasteiger partial charge < -0.3 is 4.90 Å². The molecule has 2 fully saturated rings. The first-order valence-electron chi connectivity index (χ1n) is 5.91. The van der Waals surface area contributed by atoms with Gasteiger partial charge in [-0.05, 0) is 59.3 Å². The van der Waals surface area contributed by atoms with Crippen LogP contribution in [0.5, 0.6) is 0 Å². The quantitative estimate of drug-likeness (QED) is 0.779. The Morgan fingerprint density at radius 3 is 2.82 bits per heavy atom. The molecule has 1 saturated heterocycles. The number of carbonyl (C=O) groups is 1. The molecule has 1 aromatic carbocycles. The number of carbonyl (C=O) groups excluding carboxylic acids is 1. The number of rotatable bonds is 1. The van der Waals surface area contributed by atoms with E-state index in [2.05, 4.69) is 15.9 Å². The number of piperidine rings is 1. The zero-order valence-electron chi connectivity index (χ0n) is 9.33. The summed E-state index contributed by atoms with van der Waals surface area (Å²) in [5, 5.41) is 0. The van der Waals surface area contributed by atoms with E-state index in [0.29, 0.717) is 22.0 Å². The summed E-state index contributed by atoms with van der Waals surface area (Å²) in [5.41, 5.74) is 0.568. The molecule has 1 aliphatic heterocycles. The number of hydrogen-bond donors (Lipinski definition) is 0. The molecule has 1 saturated carbocycles. The van der Waals surface area contributed by atoms with Crippen molar-refractivity contribution in [2.45, 2.75) is 25.3 Å². The van der Waals surface area contributed by atoms with Crippen LogP contribution >= 0.6 is 15.9 Å². The molecule has 2 atom stereocenters. The molecule has 4 heteroatoms. The maximum Gasteiger partial charge on any atom is 0.255 e. The lowest BCUT2D eigenvalue weighted by atomic mass is 10.1. The Hall–Kier alpha value is -0.900. The van der Waals surface area contributed by atoms with Crippen LogP contribution in [-0.4, -0.2) is 23.4 Å². The summed E-state index contributed by atoms with van der Waals surface area (Å²) >= 11 is 3.26. The van der Waals surface area contributed by atoms with Crippen molar-refractivity contribution in [1.82, 2.24) is 4.90 Å². The second kappa shape index (κ2) is 4.09. The van der Waals surface area contributed by atoms with E-state index in [1.165, 1.54) is 18.6 Å². The van der Waals surface area contributed by atoms with Crippen LogP contribution in [0.4, 0.5) is 4.39 Å². The molecular formula is C13H13BrFNO. The SMILES string of the molecule is O=C(c1ccc(F)cc1Br)N1CC2CCC1C2. The van der Waals surface area contributed by atoms with Gasteiger partial charge in [-0.1, -0.05) is 0 Å². The lowest BCUT2D eigenvalue weighted by Gasteiger charge is -2.27. The smallest absolute Gasteiger partial charge is 0.255 e. The van der Waals surface area contributed by atoms with Crippen molar-refractivity contribution >= 4 is 21.8 Å². The molecule has 1 aromatic rings. The number of fused-ring (bicyclic) bond motifs is 2. The summed E-state index contributed by atoms with van der Waals surface area (Å²) < 4.78 is 13.5. The van der Waals surface area contributed by atoms with E-state index in [1.54, 1.807) is 6.07 Å². The first-order valence-corrected chi connectivity index (χ1v) is 6.70. The topological polar surface area (TPSA) is 20.3 Å². The number of likely N-dealkylation sites (tertiary alicyclic amines) is 1.